The van der Waals surface area contributed by atoms with Crippen molar-refractivity contribution in [3.8, 4) is 22.8 Å². The number of anilines is 2. The minimum absolute atomic E-state index is 0.618. The first-order valence-electron chi connectivity index (χ1n) is 8.69. The molecule has 0 aliphatic heterocycles. The molecule has 1 aromatic heterocycles. The van der Waals surface area contributed by atoms with Gasteiger partial charge in [-0.05, 0) is 36.4 Å². The number of hydrogen-bond acceptors (Lipinski definition) is 5. The summed E-state index contributed by atoms with van der Waals surface area (Å²) in [6.07, 6.45) is 0. The fourth-order valence-corrected chi connectivity index (χ4v) is 3.06. The highest BCUT2D eigenvalue weighted by atomic mass is 35.5. The van der Waals surface area contributed by atoms with Crippen molar-refractivity contribution in [1.82, 2.24) is 9.97 Å². The third-order valence-corrected chi connectivity index (χ3v) is 4.60. The maximum atomic E-state index is 6.05. The number of ether oxygens (including phenoxy) is 2. The van der Waals surface area contributed by atoms with Crippen LogP contribution in [0.1, 0.15) is 0 Å². The van der Waals surface area contributed by atoms with E-state index in [1.54, 1.807) is 14.2 Å². The smallest absolute Gasteiger partial charge is 0.157 e. The Balaban J connectivity index is 1.88. The second-order valence-corrected chi connectivity index (χ2v) is 6.54. The molecule has 0 atom stereocenters. The molecule has 0 aliphatic rings. The van der Waals surface area contributed by atoms with Gasteiger partial charge in [-0.1, -0.05) is 35.9 Å². The van der Waals surface area contributed by atoms with Gasteiger partial charge in [-0.3, -0.25) is 0 Å². The fraction of sp³-hybridized carbons (Fsp3) is 0.0909. The van der Waals surface area contributed by atoms with Crippen LogP contribution in [0, 0.1) is 0 Å². The normalized spacial score (nSPS) is 10.7. The standard InChI is InChI=1S/C22H18ClN3O2/c1-27-16-11-12-20(28-2)19(13-16)26-22-21(14-7-9-15(23)10-8-14)24-17-5-3-4-6-18(17)25-22/h3-13H,1-2H3,(H,25,26). The van der Waals surface area contributed by atoms with Crippen molar-refractivity contribution in [2.45, 2.75) is 0 Å². The number of halogens is 1. The molecule has 0 bridgehead atoms. The molecule has 6 heteroatoms. The van der Waals surface area contributed by atoms with Gasteiger partial charge in [0.25, 0.3) is 0 Å². The molecule has 0 saturated carbocycles. The molecule has 140 valence electrons. The summed E-state index contributed by atoms with van der Waals surface area (Å²) in [5, 5.41) is 4.03. The molecule has 3 aromatic carbocycles. The van der Waals surface area contributed by atoms with Crippen LogP contribution in [-0.2, 0) is 0 Å². The zero-order valence-electron chi connectivity index (χ0n) is 15.4. The van der Waals surface area contributed by atoms with Crippen molar-refractivity contribution in [2.75, 3.05) is 19.5 Å². The van der Waals surface area contributed by atoms with E-state index in [2.05, 4.69) is 5.32 Å². The third-order valence-electron chi connectivity index (χ3n) is 4.35. The first-order valence-corrected chi connectivity index (χ1v) is 9.07. The summed E-state index contributed by atoms with van der Waals surface area (Å²) in [5.74, 6) is 2.01. The van der Waals surface area contributed by atoms with Crippen LogP contribution in [0.2, 0.25) is 5.02 Å². The number of nitrogens with one attached hydrogen (secondary N) is 1. The molecule has 0 aliphatic carbocycles. The maximum absolute atomic E-state index is 6.05. The van der Waals surface area contributed by atoms with Gasteiger partial charge in [0.1, 0.15) is 17.2 Å². The van der Waals surface area contributed by atoms with Crippen LogP contribution in [0.25, 0.3) is 22.3 Å². The van der Waals surface area contributed by atoms with Crippen molar-refractivity contribution in [3.05, 3.63) is 71.8 Å². The SMILES string of the molecule is COc1ccc(OC)c(Nc2nc3ccccc3nc2-c2ccc(Cl)cc2)c1. The summed E-state index contributed by atoms with van der Waals surface area (Å²) >= 11 is 6.05. The van der Waals surface area contributed by atoms with Gasteiger partial charge in [-0.2, -0.15) is 0 Å². The number of hydrogen-bond donors (Lipinski definition) is 1. The van der Waals surface area contributed by atoms with E-state index in [-0.39, 0.29) is 0 Å². The highest BCUT2D eigenvalue weighted by Crippen LogP contribution is 2.35. The molecule has 0 saturated heterocycles. The average Bonchev–Trinajstić information content (AvgIpc) is 2.74. The van der Waals surface area contributed by atoms with Crippen molar-refractivity contribution in [1.29, 1.82) is 0 Å². The summed E-state index contributed by atoms with van der Waals surface area (Å²) in [6.45, 7) is 0. The number of para-hydroxylation sites is 2. The molecule has 0 spiro atoms. The molecule has 0 amide bonds. The summed E-state index contributed by atoms with van der Waals surface area (Å²) < 4.78 is 10.8. The number of benzene rings is 3. The van der Waals surface area contributed by atoms with Crippen molar-refractivity contribution >= 4 is 34.1 Å². The Hall–Kier alpha value is -3.31. The van der Waals surface area contributed by atoms with Gasteiger partial charge >= 0.3 is 0 Å². The minimum Gasteiger partial charge on any atom is -0.497 e. The van der Waals surface area contributed by atoms with Gasteiger partial charge in [-0.25, -0.2) is 9.97 Å². The van der Waals surface area contributed by atoms with Crippen molar-refractivity contribution in [2.24, 2.45) is 0 Å². The molecule has 1 heterocycles. The summed E-state index contributed by atoms with van der Waals surface area (Å²) in [7, 11) is 3.25. The molecule has 5 nitrogen and oxygen atoms in total. The van der Waals surface area contributed by atoms with Crippen LogP contribution in [0.4, 0.5) is 11.5 Å². The highest BCUT2D eigenvalue weighted by Gasteiger charge is 2.14. The number of fused-ring (bicyclic) bond motifs is 1. The fourth-order valence-electron chi connectivity index (χ4n) is 2.94. The van der Waals surface area contributed by atoms with Crippen molar-refractivity contribution in [3.63, 3.8) is 0 Å². The van der Waals surface area contributed by atoms with Crippen molar-refractivity contribution < 1.29 is 9.47 Å². The molecule has 0 fully saturated rings. The number of rotatable bonds is 5. The molecular weight excluding hydrogens is 374 g/mol. The largest absolute Gasteiger partial charge is 0.497 e. The first kappa shape index (κ1) is 18.1. The first-order chi connectivity index (χ1) is 13.7. The number of methoxy groups -OCH3 is 2. The second kappa shape index (κ2) is 7.74. The van der Waals surface area contributed by atoms with E-state index in [9.17, 15) is 0 Å². The Labute approximate surface area is 167 Å². The van der Waals surface area contributed by atoms with E-state index < -0.39 is 0 Å². The lowest BCUT2D eigenvalue weighted by molar-refractivity contribution is 0.405. The van der Waals surface area contributed by atoms with Gasteiger partial charge in [-0.15, -0.1) is 0 Å². The van der Waals surface area contributed by atoms with Crippen LogP contribution in [0.15, 0.2) is 66.7 Å². The summed E-state index contributed by atoms with van der Waals surface area (Å²) in [6, 6.07) is 20.8. The van der Waals surface area contributed by atoms with E-state index in [0.29, 0.717) is 22.3 Å². The van der Waals surface area contributed by atoms with E-state index in [4.69, 9.17) is 31.0 Å². The second-order valence-electron chi connectivity index (χ2n) is 6.11. The Kier molecular flexibility index (Phi) is 5.00. The lowest BCUT2D eigenvalue weighted by Crippen LogP contribution is -2.02. The Morgan fingerprint density at radius 3 is 2.21 bits per heavy atom. The van der Waals surface area contributed by atoms with Gasteiger partial charge in [0.05, 0.1) is 30.9 Å². The van der Waals surface area contributed by atoms with Crippen LogP contribution in [0.5, 0.6) is 11.5 Å². The monoisotopic (exact) mass is 391 g/mol. The Morgan fingerprint density at radius 1 is 0.821 bits per heavy atom. The predicted molar refractivity (Wildman–Crippen MR) is 113 cm³/mol. The highest BCUT2D eigenvalue weighted by molar-refractivity contribution is 6.30. The zero-order chi connectivity index (χ0) is 19.5. The van der Waals surface area contributed by atoms with E-state index in [1.165, 1.54) is 0 Å². The van der Waals surface area contributed by atoms with Gasteiger partial charge in [0, 0.05) is 16.7 Å². The van der Waals surface area contributed by atoms with Crippen LogP contribution < -0.4 is 14.8 Å². The predicted octanol–water partition coefficient (Wildman–Crippen LogP) is 5.71. The maximum Gasteiger partial charge on any atom is 0.157 e. The molecular formula is C22H18ClN3O2. The van der Waals surface area contributed by atoms with Crippen LogP contribution in [-0.4, -0.2) is 24.2 Å². The van der Waals surface area contributed by atoms with Gasteiger partial charge in [0.2, 0.25) is 0 Å². The van der Waals surface area contributed by atoms with Crippen LogP contribution in [0.3, 0.4) is 0 Å². The summed E-state index contributed by atoms with van der Waals surface area (Å²) in [5.41, 5.74) is 3.98. The lowest BCUT2D eigenvalue weighted by Gasteiger charge is -2.15. The molecule has 0 unspecified atom stereocenters. The Bertz CT molecular complexity index is 1130. The number of aromatic nitrogens is 2. The molecule has 4 rings (SSSR count). The topological polar surface area (TPSA) is 56.3 Å². The quantitative estimate of drug-likeness (QED) is 0.472. The van der Waals surface area contributed by atoms with E-state index >= 15 is 0 Å². The lowest BCUT2D eigenvalue weighted by atomic mass is 10.1. The molecule has 28 heavy (non-hydrogen) atoms. The molecule has 0 radical (unpaired) electrons. The Morgan fingerprint density at radius 2 is 1.54 bits per heavy atom. The van der Waals surface area contributed by atoms with Crippen LogP contribution >= 0.6 is 11.6 Å². The molecule has 1 N–H and O–H groups in total. The third kappa shape index (κ3) is 3.57. The van der Waals surface area contributed by atoms with Gasteiger partial charge < -0.3 is 14.8 Å². The zero-order valence-corrected chi connectivity index (χ0v) is 16.2. The molecule has 4 aromatic rings. The van der Waals surface area contributed by atoms with E-state index in [0.717, 1.165) is 28.0 Å². The minimum atomic E-state index is 0.618. The van der Waals surface area contributed by atoms with Gasteiger partial charge in [0.15, 0.2) is 5.82 Å². The van der Waals surface area contributed by atoms with E-state index in [1.807, 2.05) is 66.7 Å². The summed E-state index contributed by atoms with van der Waals surface area (Å²) in [4.78, 5) is 9.63. The average molecular weight is 392 g/mol. The number of nitrogens with zero attached hydrogens (tertiary/aromatic N) is 2.